The molecule has 7 nitrogen and oxygen atoms in total. The maximum Gasteiger partial charge on any atom is 0.275 e. The number of amides is 1. The molecule has 0 atom stereocenters. The summed E-state index contributed by atoms with van der Waals surface area (Å²) < 4.78 is 5.59. The number of oxazole rings is 1. The molecule has 7 heteroatoms. The predicted molar refractivity (Wildman–Crippen MR) is 114 cm³/mol. The summed E-state index contributed by atoms with van der Waals surface area (Å²) in [6.07, 6.45) is 5.15. The van der Waals surface area contributed by atoms with Crippen LogP contribution in [0.25, 0.3) is 0 Å². The Kier molecular flexibility index (Phi) is 6.51. The number of carbonyl (C=O) groups excluding carboxylic acids is 1. The van der Waals surface area contributed by atoms with Crippen LogP contribution in [0.3, 0.4) is 0 Å². The zero-order chi connectivity index (χ0) is 20.8. The lowest BCUT2D eigenvalue weighted by molar-refractivity contribution is 0.0779. The Bertz CT molecular complexity index is 936. The molecule has 1 aromatic carbocycles. The number of nitrogens with zero attached hydrogens (tertiary/aromatic N) is 5. The SMILES string of the molecule is CN(Cc1ccccc1)C(=O)c1coc(CN2CCN(Cc3ccncc3)CC2)n1. The second-order valence-corrected chi connectivity index (χ2v) is 7.68. The van der Waals surface area contributed by atoms with Crippen LogP contribution in [0.4, 0.5) is 0 Å². The Labute approximate surface area is 176 Å². The fourth-order valence-electron chi connectivity index (χ4n) is 3.65. The quantitative estimate of drug-likeness (QED) is 0.602. The van der Waals surface area contributed by atoms with Crippen LogP contribution in [0.2, 0.25) is 0 Å². The van der Waals surface area contributed by atoms with Crippen molar-refractivity contribution in [2.45, 2.75) is 19.6 Å². The van der Waals surface area contributed by atoms with E-state index in [1.165, 1.54) is 11.8 Å². The van der Waals surface area contributed by atoms with Crippen LogP contribution in [0.15, 0.2) is 65.5 Å². The van der Waals surface area contributed by atoms with Crippen LogP contribution in [0.5, 0.6) is 0 Å². The van der Waals surface area contributed by atoms with Crippen molar-refractivity contribution in [3.8, 4) is 0 Å². The highest BCUT2D eigenvalue weighted by Gasteiger charge is 2.21. The van der Waals surface area contributed by atoms with Gasteiger partial charge in [0.25, 0.3) is 5.91 Å². The summed E-state index contributed by atoms with van der Waals surface area (Å²) in [6, 6.07) is 14.0. The molecule has 156 valence electrons. The molecule has 30 heavy (non-hydrogen) atoms. The van der Waals surface area contributed by atoms with Crippen LogP contribution in [0.1, 0.15) is 27.5 Å². The first-order valence-electron chi connectivity index (χ1n) is 10.2. The van der Waals surface area contributed by atoms with Gasteiger partial charge in [-0.15, -0.1) is 0 Å². The lowest BCUT2D eigenvalue weighted by Gasteiger charge is -2.33. The van der Waals surface area contributed by atoms with Crippen molar-refractivity contribution < 1.29 is 9.21 Å². The molecule has 0 unspecified atom stereocenters. The van der Waals surface area contributed by atoms with Gasteiger partial charge in [0, 0.05) is 58.7 Å². The van der Waals surface area contributed by atoms with E-state index in [1.807, 2.05) is 42.7 Å². The number of hydrogen-bond acceptors (Lipinski definition) is 6. The minimum atomic E-state index is -0.129. The Hall–Kier alpha value is -3.03. The molecule has 1 aliphatic heterocycles. The van der Waals surface area contributed by atoms with Gasteiger partial charge in [0.05, 0.1) is 6.54 Å². The number of hydrogen-bond donors (Lipinski definition) is 0. The number of carbonyl (C=O) groups is 1. The fraction of sp³-hybridized carbons (Fsp3) is 0.348. The number of piperazine rings is 1. The van der Waals surface area contributed by atoms with Crippen molar-refractivity contribution in [2.24, 2.45) is 0 Å². The van der Waals surface area contributed by atoms with Crippen molar-refractivity contribution in [1.82, 2.24) is 24.7 Å². The lowest BCUT2D eigenvalue weighted by Crippen LogP contribution is -2.45. The molecule has 1 fully saturated rings. The van der Waals surface area contributed by atoms with E-state index < -0.39 is 0 Å². The Morgan fingerprint density at radius 3 is 2.33 bits per heavy atom. The smallest absolute Gasteiger partial charge is 0.275 e. The van der Waals surface area contributed by atoms with Crippen molar-refractivity contribution in [2.75, 3.05) is 33.2 Å². The monoisotopic (exact) mass is 405 g/mol. The van der Waals surface area contributed by atoms with Gasteiger partial charge in [0.15, 0.2) is 5.69 Å². The van der Waals surface area contributed by atoms with Gasteiger partial charge in [-0.2, -0.15) is 0 Å². The summed E-state index contributed by atoms with van der Waals surface area (Å²) in [5.74, 6) is 0.463. The molecule has 0 aliphatic carbocycles. The highest BCUT2D eigenvalue weighted by molar-refractivity contribution is 5.91. The predicted octanol–water partition coefficient (Wildman–Crippen LogP) is 2.66. The van der Waals surface area contributed by atoms with Gasteiger partial charge in [-0.05, 0) is 23.3 Å². The number of aromatic nitrogens is 2. The molecular formula is C23H27N5O2. The molecule has 1 aliphatic rings. The molecule has 0 bridgehead atoms. The minimum Gasteiger partial charge on any atom is -0.447 e. The van der Waals surface area contributed by atoms with Gasteiger partial charge >= 0.3 is 0 Å². The first kappa shape index (κ1) is 20.3. The van der Waals surface area contributed by atoms with Gasteiger partial charge in [-0.1, -0.05) is 30.3 Å². The number of benzene rings is 1. The summed E-state index contributed by atoms with van der Waals surface area (Å²) in [6.45, 7) is 6.00. The Balaban J connectivity index is 1.26. The summed E-state index contributed by atoms with van der Waals surface area (Å²) >= 11 is 0. The van der Waals surface area contributed by atoms with E-state index in [2.05, 4.69) is 31.9 Å². The molecule has 3 heterocycles. The largest absolute Gasteiger partial charge is 0.447 e. The molecule has 0 saturated carbocycles. The van der Waals surface area contributed by atoms with E-state index >= 15 is 0 Å². The van der Waals surface area contributed by atoms with Gasteiger partial charge in [-0.25, -0.2) is 4.98 Å². The standard InChI is InChI=1S/C23H27N5O2/c1-26(15-19-5-3-2-4-6-19)23(29)21-18-30-22(25-21)17-28-13-11-27(12-14-28)16-20-7-9-24-10-8-20/h2-10,18H,11-17H2,1H3. The zero-order valence-corrected chi connectivity index (χ0v) is 17.3. The topological polar surface area (TPSA) is 65.7 Å². The van der Waals surface area contributed by atoms with Crippen LogP contribution in [-0.2, 0) is 19.6 Å². The molecule has 1 saturated heterocycles. The van der Waals surface area contributed by atoms with Gasteiger partial charge in [0.1, 0.15) is 6.26 Å². The maximum atomic E-state index is 12.6. The van der Waals surface area contributed by atoms with Gasteiger partial charge < -0.3 is 9.32 Å². The van der Waals surface area contributed by atoms with E-state index in [-0.39, 0.29) is 5.91 Å². The van der Waals surface area contributed by atoms with Crippen molar-refractivity contribution in [1.29, 1.82) is 0 Å². The molecule has 2 aromatic heterocycles. The average molecular weight is 406 g/mol. The van der Waals surface area contributed by atoms with E-state index in [0.717, 1.165) is 38.3 Å². The molecule has 0 radical (unpaired) electrons. The van der Waals surface area contributed by atoms with Gasteiger partial charge in [-0.3, -0.25) is 19.6 Å². The molecule has 3 aromatic rings. The van der Waals surface area contributed by atoms with Crippen LogP contribution in [0, 0.1) is 0 Å². The van der Waals surface area contributed by atoms with Crippen LogP contribution >= 0.6 is 0 Å². The highest BCUT2D eigenvalue weighted by Crippen LogP contribution is 2.13. The first-order chi connectivity index (χ1) is 14.7. The summed E-state index contributed by atoms with van der Waals surface area (Å²) in [5, 5.41) is 0. The normalized spacial score (nSPS) is 15.2. The number of rotatable bonds is 7. The molecule has 0 spiro atoms. The van der Waals surface area contributed by atoms with E-state index in [4.69, 9.17) is 4.42 Å². The number of pyridine rings is 1. The van der Waals surface area contributed by atoms with Gasteiger partial charge in [0.2, 0.25) is 5.89 Å². The van der Waals surface area contributed by atoms with E-state index in [0.29, 0.717) is 24.7 Å². The molecule has 0 N–H and O–H groups in total. The first-order valence-corrected chi connectivity index (χ1v) is 10.2. The Morgan fingerprint density at radius 1 is 0.967 bits per heavy atom. The van der Waals surface area contributed by atoms with Crippen molar-refractivity contribution in [3.05, 3.63) is 83.8 Å². The third kappa shape index (κ3) is 5.31. The fourth-order valence-corrected chi connectivity index (χ4v) is 3.65. The maximum absolute atomic E-state index is 12.6. The highest BCUT2D eigenvalue weighted by atomic mass is 16.3. The van der Waals surface area contributed by atoms with E-state index in [9.17, 15) is 4.79 Å². The third-order valence-corrected chi connectivity index (χ3v) is 5.36. The van der Waals surface area contributed by atoms with Crippen LogP contribution in [-0.4, -0.2) is 63.8 Å². The minimum absolute atomic E-state index is 0.129. The Morgan fingerprint density at radius 2 is 1.63 bits per heavy atom. The third-order valence-electron chi connectivity index (χ3n) is 5.36. The average Bonchev–Trinajstić information content (AvgIpc) is 3.24. The second kappa shape index (κ2) is 9.65. The molecule has 1 amide bonds. The lowest BCUT2D eigenvalue weighted by atomic mass is 10.2. The molecule has 4 rings (SSSR count). The van der Waals surface area contributed by atoms with E-state index in [1.54, 1.807) is 11.9 Å². The molecular weight excluding hydrogens is 378 g/mol. The summed E-state index contributed by atoms with van der Waals surface area (Å²) in [4.78, 5) is 27.6. The van der Waals surface area contributed by atoms with Crippen LogP contribution < -0.4 is 0 Å². The summed E-state index contributed by atoms with van der Waals surface area (Å²) in [7, 11) is 1.78. The zero-order valence-electron chi connectivity index (χ0n) is 17.3. The second-order valence-electron chi connectivity index (χ2n) is 7.68. The van der Waals surface area contributed by atoms with Crippen molar-refractivity contribution in [3.63, 3.8) is 0 Å². The summed E-state index contributed by atoms with van der Waals surface area (Å²) in [5.41, 5.74) is 2.73. The van der Waals surface area contributed by atoms with Crippen molar-refractivity contribution >= 4 is 5.91 Å².